The highest BCUT2D eigenvalue weighted by Crippen LogP contribution is 2.19. The molecule has 0 saturated carbocycles. The number of aryl methyl sites for hydroxylation is 1. The lowest BCUT2D eigenvalue weighted by molar-refractivity contribution is 0.0649. The molecule has 0 aliphatic carbocycles. The predicted molar refractivity (Wildman–Crippen MR) is 73.7 cm³/mol. The number of amides is 1. The van der Waals surface area contributed by atoms with Gasteiger partial charge in [0, 0.05) is 24.7 Å². The Morgan fingerprint density at radius 3 is 2.79 bits per heavy atom. The van der Waals surface area contributed by atoms with Crippen LogP contribution in [0.5, 0.6) is 0 Å². The molecular formula is C15H21FN2O. The summed E-state index contributed by atoms with van der Waals surface area (Å²) in [7, 11) is 1.96. The first kappa shape index (κ1) is 14.0. The fraction of sp³-hybridized carbons (Fsp3) is 0.533. The van der Waals surface area contributed by atoms with Crippen LogP contribution in [0.2, 0.25) is 0 Å². The molecule has 3 nitrogen and oxygen atoms in total. The number of piperidine rings is 1. The average molecular weight is 264 g/mol. The summed E-state index contributed by atoms with van der Waals surface area (Å²) < 4.78 is 13.2. The molecule has 2 rings (SSSR count). The second-order valence-corrected chi connectivity index (χ2v) is 5.38. The fourth-order valence-electron chi connectivity index (χ4n) is 2.72. The van der Waals surface area contributed by atoms with Crippen molar-refractivity contribution in [3.8, 4) is 0 Å². The van der Waals surface area contributed by atoms with Gasteiger partial charge in [0.15, 0.2) is 0 Å². The van der Waals surface area contributed by atoms with Crippen molar-refractivity contribution < 1.29 is 9.18 Å². The van der Waals surface area contributed by atoms with Gasteiger partial charge in [0.1, 0.15) is 5.82 Å². The summed E-state index contributed by atoms with van der Waals surface area (Å²) in [5.74, 6) is 0.174. The number of carbonyl (C=O) groups excluding carboxylic acids is 1. The van der Waals surface area contributed by atoms with Crippen LogP contribution >= 0.6 is 0 Å². The van der Waals surface area contributed by atoms with Gasteiger partial charge in [-0.3, -0.25) is 4.79 Å². The zero-order valence-corrected chi connectivity index (χ0v) is 11.7. The standard InChI is InChI=1S/C15H21FN2O/c1-10-8-12(4-5-13(10)16)15(19)18-7-6-14(17-3)11(2)9-18/h4-5,8,11,14,17H,6-7,9H2,1-3H3. The molecule has 1 fully saturated rings. The molecule has 0 aromatic heterocycles. The van der Waals surface area contributed by atoms with Crippen LogP contribution < -0.4 is 5.32 Å². The molecule has 1 aromatic carbocycles. The van der Waals surface area contributed by atoms with Crippen LogP contribution in [0.1, 0.15) is 29.3 Å². The molecule has 19 heavy (non-hydrogen) atoms. The number of rotatable bonds is 2. The quantitative estimate of drug-likeness (QED) is 0.888. The number of carbonyl (C=O) groups is 1. The Labute approximate surface area is 113 Å². The summed E-state index contributed by atoms with van der Waals surface area (Å²) >= 11 is 0. The summed E-state index contributed by atoms with van der Waals surface area (Å²) in [6.07, 6.45) is 0.962. The number of likely N-dealkylation sites (tertiary alicyclic amines) is 1. The first-order chi connectivity index (χ1) is 9.02. The van der Waals surface area contributed by atoms with Gasteiger partial charge in [0.2, 0.25) is 0 Å². The third-order valence-electron chi connectivity index (χ3n) is 3.97. The highest BCUT2D eigenvalue weighted by molar-refractivity contribution is 5.94. The van der Waals surface area contributed by atoms with Gasteiger partial charge in [-0.1, -0.05) is 6.92 Å². The van der Waals surface area contributed by atoms with Gasteiger partial charge in [-0.25, -0.2) is 4.39 Å². The number of nitrogens with zero attached hydrogens (tertiary/aromatic N) is 1. The van der Waals surface area contributed by atoms with Crippen LogP contribution in [0.3, 0.4) is 0 Å². The van der Waals surface area contributed by atoms with Gasteiger partial charge in [0.25, 0.3) is 5.91 Å². The van der Waals surface area contributed by atoms with Crippen molar-refractivity contribution in [1.29, 1.82) is 0 Å². The number of nitrogens with one attached hydrogen (secondary N) is 1. The Morgan fingerprint density at radius 2 is 2.21 bits per heavy atom. The molecule has 0 radical (unpaired) electrons. The van der Waals surface area contributed by atoms with Gasteiger partial charge >= 0.3 is 0 Å². The molecular weight excluding hydrogens is 243 g/mol. The molecule has 1 N–H and O–H groups in total. The van der Waals surface area contributed by atoms with Gasteiger partial charge in [-0.05, 0) is 50.1 Å². The van der Waals surface area contributed by atoms with E-state index in [-0.39, 0.29) is 11.7 Å². The molecule has 0 spiro atoms. The average Bonchev–Trinajstić information content (AvgIpc) is 2.41. The molecule has 1 saturated heterocycles. The van der Waals surface area contributed by atoms with Crippen LogP contribution in [-0.4, -0.2) is 37.0 Å². The summed E-state index contributed by atoms with van der Waals surface area (Å²) in [5.41, 5.74) is 1.10. The van der Waals surface area contributed by atoms with Crippen molar-refractivity contribution in [2.45, 2.75) is 26.3 Å². The monoisotopic (exact) mass is 264 g/mol. The summed E-state index contributed by atoms with van der Waals surface area (Å²) in [5, 5.41) is 3.28. The highest BCUT2D eigenvalue weighted by atomic mass is 19.1. The second kappa shape index (κ2) is 5.70. The smallest absolute Gasteiger partial charge is 0.253 e. The van der Waals surface area contributed by atoms with Gasteiger partial charge in [0.05, 0.1) is 0 Å². The summed E-state index contributed by atoms with van der Waals surface area (Å²) in [4.78, 5) is 14.3. The van der Waals surface area contributed by atoms with Crippen LogP contribution in [0.25, 0.3) is 0 Å². The van der Waals surface area contributed by atoms with Crippen LogP contribution in [0, 0.1) is 18.7 Å². The molecule has 2 atom stereocenters. The maximum Gasteiger partial charge on any atom is 0.253 e. The zero-order valence-electron chi connectivity index (χ0n) is 11.7. The van der Waals surface area contributed by atoms with E-state index in [0.717, 1.165) is 19.5 Å². The minimum absolute atomic E-state index is 0.00417. The second-order valence-electron chi connectivity index (χ2n) is 5.38. The predicted octanol–water partition coefficient (Wildman–Crippen LogP) is 2.20. The van der Waals surface area contributed by atoms with Crippen LogP contribution in [0.15, 0.2) is 18.2 Å². The van der Waals surface area contributed by atoms with Gasteiger partial charge in [-0.2, -0.15) is 0 Å². The Balaban J connectivity index is 2.10. The third kappa shape index (κ3) is 2.95. The highest BCUT2D eigenvalue weighted by Gasteiger charge is 2.28. The Bertz CT molecular complexity index is 475. The lowest BCUT2D eigenvalue weighted by Gasteiger charge is -2.36. The van der Waals surface area contributed by atoms with E-state index in [2.05, 4.69) is 12.2 Å². The molecule has 1 aliphatic rings. The molecule has 0 bridgehead atoms. The third-order valence-corrected chi connectivity index (χ3v) is 3.97. The maximum absolute atomic E-state index is 13.2. The number of hydrogen-bond donors (Lipinski definition) is 1. The first-order valence-electron chi connectivity index (χ1n) is 6.75. The van der Waals surface area contributed by atoms with E-state index in [4.69, 9.17) is 0 Å². The van der Waals surface area contributed by atoms with Crippen molar-refractivity contribution in [3.05, 3.63) is 35.1 Å². The van der Waals surface area contributed by atoms with Crippen LogP contribution in [0.4, 0.5) is 4.39 Å². The molecule has 104 valence electrons. The number of hydrogen-bond acceptors (Lipinski definition) is 2. The lowest BCUT2D eigenvalue weighted by Crippen LogP contribution is -2.49. The van der Waals surface area contributed by atoms with Gasteiger partial charge < -0.3 is 10.2 Å². The number of halogens is 1. The maximum atomic E-state index is 13.2. The Morgan fingerprint density at radius 1 is 1.47 bits per heavy atom. The molecule has 2 unspecified atom stereocenters. The van der Waals surface area contributed by atoms with Crippen molar-refractivity contribution in [3.63, 3.8) is 0 Å². The van der Waals surface area contributed by atoms with E-state index < -0.39 is 0 Å². The fourth-order valence-corrected chi connectivity index (χ4v) is 2.72. The van der Waals surface area contributed by atoms with E-state index in [1.165, 1.54) is 6.07 Å². The van der Waals surface area contributed by atoms with E-state index in [9.17, 15) is 9.18 Å². The first-order valence-corrected chi connectivity index (χ1v) is 6.75. The largest absolute Gasteiger partial charge is 0.338 e. The van der Waals surface area contributed by atoms with E-state index in [0.29, 0.717) is 23.1 Å². The molecule has 1 aromatic rings. The lowest BCUT2D eigenvalue weighted by atomic mass is 9.93. The topological polar surface area (TPSA) is 32.3 Å². The normalized spacial score (nSPS) is 23.5. The van der Waals surface area contributed by atoms with Gasteiger partial charge in [-0.15, -0.1) is 0 Å². The van der Waals surface area contributed by atoms with E-state index in [1.807, 2.05) is 11.9 Å². The van der Waals surface area contributed by atoms with Crippen molar-refractivity contribution in [2.75, 3.05) is 20.1 Å². The summed E-state index contributed by atoms with van der Waals surface area (Å²) in [6.45, 7) is 5.34. The number of benzene rings is 1. The Kier molecular flexibility index (Phi) is 4.20. The van der Waals surface area contributed by atoms with Crippen molar-refractivity contribution in [1.82, 2.24) is 10.2 Å². The minimum Gasteiger partial charge on any atom is -0.338 e. The van der Waals surface area contributed by atoms with E-state index in [1.54, 1.807) is 19.1 Å². The molecule has 1 aliphatic heterocycles. The van der Waals surface area contributed by atoms with Crippen molar-refractivity contribution >= 4 is 5.91 Å². The minimum atomic E-state index is -0.265. The zero-order chi connectivity index (χ0) is 14.0. The van der Waals surface area contributed by atoms with E-state index >= 15 is 0 Å². The molecule has 4 heteroatoms. The Hall–Kier alpha value is -1.42. The molecule has 1 amide bonds. The molecule has 1 heterocycles. The van der Waals surface area contributed by atoms with Crippen LogP contribution in [-0.2, 0) is 0 Å². The van der Waals surface area contributed by atoms with Crippen molar-refractivity contribution in [2.24, 2.45) is 5.92 Å². The summed E-state index contributed by atoms with van der Waals surface area (Å²) in [6, 6.07) is 5.04. The SMILES string of the molecule is CNC1CCN(C(=O)c2ccc(F)c(C)c2)CC1C.